The van der Waals surface area contributed by atoms with E-state index in [0.29, 0.717) is 24.3 Å². The van der Waals surface area contributed by atoms with Crippen LogP contribution < -0.4 is 15.5 Å². The number of rotatable bonds is 3. The minimum atomic E-state index is -0.758. The van der Waals surface area contributed by atoms with Crippen LogP contribution in [0.3, 0.4) is 0 Å². The number of nitrogens with zero attached hydrogens (tertiary/aromatic N) is 1. The van der Waals surface area contributed by atoms with Crippen molar-refractivity contribution in [2.24, 2.45) is 0 Å². The van der Waals surface area contributed by atoms with Crippen LogP contribution in [0, 0.1) is 6.92 Å². The van der Waals surface area contributed by atoms with Gasteiger partial charge in [-0.05, 0) is 43.2 Å². The summed E-state index contributed by atoms with van der Waals surface area (Å²) in [5, 5.41) is 5.11. The van der Waals surface area contributed by atoms with Crippen LogP contribution in [-0.2, 0) is 14.4 Å². The molecule has 0 aliphatic carbocycles. The van der Waals surface area contributed by atoms with Crippen LogP contribution >= 0.6 is 0 Å². The highest BCUT2D eigenvalue weighted by Gasteiger charge is 2.23. The van der Waals surface area contributed by atoms with Gasteiger partial charge in [0.1, 0.15) is 0 Å². The van der Waals surface area contributed by atoms with Gasteiger partial charge in [-0.25, -0.2) is 0 Å². The van der Waals surface area contributed by atoms with Gasteiger partial charge in [0.15, 0.2) is 0 Å². The molecule has 0 atom stereocenters. The van der Waals surface area contributed by atoms with Crippen molar-refractivity contribution in [1.82, 2.24) is 0 Å². The summed E-state index contributed by atoms with van der Waals surface area (Å²) in [6, 6.07) is 14.0. The second kappa shape index (κ2) is 7.17. The molecule has 1 aliphatic rings. The molecule has 2 N–H and O–H groups in total. The second-order valence-electron chi connectivity index (χ2n) is 5.92. The summed E-state index contributed by atoms with van der Waals surface area (Å²) in [5.41, 5.74) is 2.74. The summed E-state index contributed by atoms with van der Waals surface area (Å²) >= 11 is 0. The minimum absolute atomic E-state index is 0.0772. The van der Waals surface area contributed by atoms with Crippen molar-refractivity contribution in [2.75, 3.05) is 22.1 Å². The Morgan fingerprint density at radius 2 is 1.64 bits per heavy atom. The fourth-order valence-electron chi connectivity index (χ4n) is 2.78. The van der Waals surface area contributed by atoms with Gasteiger partial charge in [0.25, 0.3) is 0 Å². The van der Waals surface area contributed by atoms with E-state index in [0.717, 1.165) is 17.7 Å². The van der Waals surface area contributed by atoms with Gasteiger partial charge in [-0.2, -0.15) is 0 Å². The van der Waals surface area contributed by atoms with Crippen molar-refractivity contribution < 1.29 is 14.4 Å². The summed E-state index contributed by atoms with van der Waals surface area (Å²) in [6.07, 6.45) is 1.36. The standard InChI is InChI=1S/C19H19N3O3/c1-13-9-10-15(12-16(13)22-11-5-8-17(22)23)21-19(25)18(24)20-14-6-3-2-4-7-14/h2-4,6-7,9-10,12H,5,8,11H2,1H3,(H,20,24)(H,21,25). The summed E-state index contributed by atoms with van der Waals surface area (Å²) in [4.78, 5) is 37.7. The van der Waals surface area contributed by atoms with E-state index < -0.39 is 11.8 Å². The number of para-hydroxylation sites is 1. The predicted octanol–water partition coefficient (Wildman–Crippen LogP) is 2.70. The van der Waals surface area contributed by atoms with E-state index in [1.54, 1.807) is 41.3 Å². The lowest BCUT2D eigenvalue weighted by atomic mass is 10.1. The van der Waals surface area contributed by atoms with Gasteiger partial charge in [-0.3, -0.25) is 14.4 Å². The summed E-state index contributed by atoms with van der Waals surface area (Å²) < 4.78 is 0. The Hall–Kier alpha value is -3.15. The highest BCUT2D eigenvalue weighted by molar-refractivity contribution is 6.43. The molecule has 6 heteroatoms. The molecule has 1 fully saturated rings. The lowest BCUT2D eigenvalue weighted by Crippen LogP contribution is -2.29. The Morgan fingerprint density at radius 1 is 0.960 bits per heavy atom. The Labute approximate surface area is 145 Å². The Kier molecular flexibility index (Phi) is 4.79. The van der Waals surface area contributed by atoms with E-state index >= 15 is 0 Å². The van der Waals surface area contributed by atoms with Gasteiger partial charge in [0.2, 0.25) is 5.91 Å². The summed E-state index contributed by atoms with van der Waals surface area (Å²) in [5.74, 6) is -1.43. The number of nitrogens with one attached hydrogen (secondary N) is 2. The smallest absolute Gasteiger partial charge is 0.314 e. The molecule has 0 bridgehead atoms. The van der Waals surface area contributed by atoms with Crippen LogP contribution in [0.25, 0.3) is 0 Å². The van der Waals surface area contributed by atoms with Gasteiger partial charge >= 0.3 is 11.8 Å². The summed E-state index contributed by atoms with van der Waals surface area (Å²) in [6.45, 7) is 2.58. The molecule has 1 heterocycles. The van der Waals surface area contributed by atoms with Gasteiger partial charge in [0, 0.05) is 30.0 Å². The molecule has 2 aromatic carbocycles. The number of anilines is 3. The largest absolute Gasteiger partial charge is 0.318 e. The monoisotopic (exact) mass is 337 g/mol. The molecule has 0 spiro atoms. The molecular weight excluding hydrogens is 318 g/mol. The number of amides is 3. The second-order valence-corrected chi connectivity index (χ2v) is 5.92. The third kappa shape index (κ3) is 3.85. The molecule has 25 heavy (non-hydrogen) atoms. The van der Waals surface area contributed by atoms with E-state index in [4.69, 9.17) is 0 Å². The quantitative estimate of drug-likeness (QED) is 0.845. The van der Waals surface area contributed by atoms with Crippen molar-refractivity contribution in [1.29, 1.82) is 0 Å². The highest BCUT2D eigenvalue weighted by Crippen LogP contribution is 2.28. The first-order valence-electron chi connectivity index (χ1n) is 8.13. The number of hydrogen-bond donors (Lipinski definition) is 2. The zero-order valence-corrected chi connectivity index (χ0v) is 13.9. The topological polar surface area (TPSA) is 78.5 Å². The third-order valence-electron chi connectivity index (χ3n) is 4.07. The van der Waals surface area contributed by atoms with Gasteiger partial charge in [-0.15, -0.1) is 0 Å². The van der Waals surface area contributed by atoms with Crippen LogP contribution in [0.2, 0.25) is 0 Å². The molecule has 2 aromatic rings. The lowest BCUT2D eigenvalue weighted by Gasteiger charge is -2.19. The maximum Gasteiger partial charge on any atom is 0.314 e. The number of carbonyl (C=O) groups excluding carboxylic acids is 3. The third-order valence-corrected chi connectivity index (χ3v) is 4.07. The molecule has 1 saturated heterocycles. The first-order valence-corrected chi connectivity index (χ1v) is 8.13. The first-order chi connectivity index (χ1) is 12.0. The Morgan fingerprint density at radius 3 is 2.28 bits per heavy atom. The molecule has 0 saturated carbocycles. The van der Waals surface area contributed by atoms with Crippen LogP contribution in [0.4, 0.5) is 17.1 Å². The maximum atomic E-state index is 12.1. The van der Waals surface area contributed by atoms with Gasteiger partial charge in [0.05, 0.1) is 0 Å². The van der Waals surface area contributed by atoms with Crippen molar-refractivity contribution in [3.63, 3.8) is 0 Å². The van der Waals surface area contributed by atoms with Gasteiger partial charge < -0.3 is 15.5 Å². The maximum absolute atomic E-state index is 12.1. The van der Waals surface area contributed by atoms with E-state index in [-0.39, 0.29) is 5.91 Å². The van der Waals surface area contributed by atoms with Crippen molar-refractivity contribution in [2.45, 2.75) is 19.8 Å². The Balaban J connectivity index is 1.71. The van der Waals surface area contributed by atoms with Crippen molar-refractivity contribution in [3.8, 4) is 0 Å². The Bertz CT molecular complexity index is 818. The molecule has 128 valence electrons. The summed E-state index contributed by atoms with van der Waals surface area (Å²) in [7, 11) is 0. The molecule has 0 aromatic heterocycles. The molecule has 3 amide bonds. The number of aryl methyl sites for hydroxylation is 1. The van der Waals surface area contributed by atoms with Crippen molar-refractivity contribution in [3.05, 3.63) is 54.1 Å². The molecule has 0 unspecified atom stereocenters. The van der Waals surface area contributed by atoms with Gasteiger partial charge in [-0.1, -0.05) is 24.3 Å². The minimum Gasteiger partial charge on any atom is -0.318 e. The SMILES string of the molecule is Cc1ccc(NC(=O)C(=O)Nc2ccccc2)cc1N1CCCC1=O. The van der Waals surface area contributed by atoms with Crippen molar-refractivity contribution >= 4 is 34.8 Å². The molecule has 0 radical (unpaired) electrons. The normalized spacial score (nSPS) is 13.6. The van der Waals surface area contributed by atoms with E-state index in [1.807, 2.05) is 19.1 Å². The van der Waals surface area contributed by atoms with Crippen LogP contribution in [0.15, 0.2) is 48.5 Å². The molecule has 6 nitrogen and oxygen atoms in total. The highest BCUT2D eigenvalue weighted by atomic mass is 16.2. The van der Waals surface area contributed by atoms with E-state index in [1.165, 1.54) is 0 Å². The zero-order valence-electron chi connectivity index (χ0n) is 13.9. The first kappa shape index (κ1) is 16.7. The van der Waals surface area contributed by atoms with E-state index in [2.05, 4.69) is 10.6 Å². The number of benzene rings is 2. The van der Waals surface area contributed by atoms with Crippen LogP contribution in [-0.4, -0.2) is 24.3 Å². The molecule has 1 aliphatic heterocycles. The fraction of sp³-hybridized carbons (Fsp3) is 0.211. The predicted molar refractivity (Wildman–Crippen MR) is 96.5 cm³/mol. The van der Waals surface area contributed by atoms with Crippen LogP contribution in [0.5, 0.6) is 0 Å². The molecule has 3 rings (SSSR count). The molecular formula is C19H19N3O3. The fourth-order valence-corrected chi connectivity index (χ4v) is 2.78. The lowest BCUT2D eigenvalue weighted by molar-refractivity contribution is -0.132. The number of hydrogen-bond acceptors (Lipinski definition) is 3. The average Bonchev–Trinajstić information content (AvgIpc) is 3.03. The van der Waals surface area contributed by atoms with E-state index in [9.17, 15) is 14.4 Å². The number of carbonyl (C=O) groups is 3. The zero-order chi connectivity index (χ0) is 17.8. The van der Waals surface area contributed by atoms with Crippen LogP contribution in [0.1, 0.15) is 18.4 Å². The average molecular weight is 337 g/mol.